The zero-order valence-corrected chi connectivity index (χ0v) is 13.5. The molecule has 1 spiro atoms. The van der Waals surface area contributed by atoms with Gasteiger partial charge in [-0.25, -0.2) is 0 Å². The van der Waals surface area contributed by atoms with E-state index >= 15 is 0 Å². The number of piperazine rings is 1. The third-order valence-corrected chi connectivity index (χ3v) is 6.24. The summed E-state index contributed by atoms with van der Waals surface area (Å²) in [7, 11) is 0. The van der Waals surface area contributed by atoms with Crippen LogP contribution in [0.5, 0.6) is 0 Å². The smallest absolute Gasteiger partial charge is 0.0309 e. The molecule has 3 rings (SSSR count). The molecule has 2 heteroatoms. The molecule has 0 aromatic rings. The molecule has 0 aromatic heterocycles. The monoisotopic (exact) mass is 278 g/mol. The van der Waals surface area contributed by atoms with Crippen molar-refractivity contribution in [2.45, 2.75) is 89.1 Å². The van der Waals surface area contributed by atoms with Crippen LogP contribution in [-0.2, 0) is 0 Å². The highest BCUT2D eigenvalue weighted by Gasteiger charge is 2.38. The van der Waals surface area contributed by atoms with Crippen molar-refractivity contribution in [3.05, 3.63) is 0 Å². The van der Waals surface area contributed by atoms with Crippen LogP contribution in [0.3, 0.4) is 0 Å². The molecule has 116 valence electrons. The maximum Gasteiger partial charge on any atom is 0.0309 e. The van der Waals surface area contributed by atoms with Gasteiger partial charge in [0.05, 0.1) is 0 Å². The molecule has 1 aliphatic heterocycles. The van der Waals surface area contributed by atoms with E-state index in [2.05, 4.69) is 17.1 Å². The Kier molecular flexibility index (Phi) is 5.04. The lowest BCUT2D eigenvalue weighted by Crippen LogP contribution is -2.64. The quantitative estimate of drug-likeness (QED) is 0.837. The first-order valence-corrected chi connectivity index (χ1v) is 9.27. The number of rotatable bonds is 4. The highest BCUT2D eigenvalue weighted by Crippen LogP contribution is 2.32. The molecule has 0 aromatic carbocycles. The van der Waals surface area contributed by atoms with Crippen molar-refractivity contribution in [2.24, 2.45) is 5.92 Å². The first kappa shape index (κ1) is 14.8. The van der Waals surface area contributed by atoms with Gasteiger partial charge in [-0.05, 0) is 45.1 Å². The molecule has 1 saturated heterocycles. The van der Waals surface area contributed by atoms with E-state index in [0.29, 0.717) is 5.54 Å². The Bertz CT molecular complexity index is 290. The second-order valence-electron chi connectivity index (χ2n) is 7.83. The summed E-state index contributed by atoms with van der Waals surface area (Å²) in [5, 5.41) is 3.90. The first-order chi connectivity index (χ1) is 9.77. The summed E-state index contributed by atoms with van der Waals surface area (Å²) in [5.74, 6) is 1.07. The summed E-state index contributed by atoms with van der Waals surface area (Å²) in [5.41, 5.74) is 0.484. The number of hydrogen-bond donors (Lipinski definition) is 1. The van der Waals surface area contributed by atoms with Gasteiger partial charge in [-0.15, -0.1) is 0 Å². The van der Waals surface area contributed by atoms with Crippen molar-refractivity contribution in [1.82, 2.24) is 10.2 Å². The Morgan fingerprint density at radius 1 is 1.05 bits per heavy atom. The lowest BCUT2D eigenvalue weighted by molar-refractivity contribution is 0.0608. The number of nitrogens with zero attached hydrogens (tertiary/aromatic N) is 1. The Labute approximate surface area is 125 Å². The minimum absolute atomic E-state index is 0.484. The molecule has 2 aliphatic carbocycles. The topological polar surface area (TPSA) is 15.3 Å². The molecule has 0 bridgehead atoms. The summed E-state index contributed by atoms with van der Waals surface area (Å²) < 4.78 is 0. The van der Waals surface area contributed by atoms with Crippen molar-refractivity contribution in [3.8, 4) is 0 Å². The van der Waals surface area contributed by atoms with Gasteiger partial charge in [-0.2, -0.15) is 0 Å². The molecule has 3 fully saturated rings. The first-order valence-electron chi connectivity index (χ1n) is 9.27. The van der Waals surface area contributed by atoms with Crippen LogP contribution >= 0.6 is 0 Å². The lowest BCUT2D eigenvalue weighted by Gasteiger charge is -2.49. The van der Waals surface area contributed by atoms with Crippen LogP contribution < -0.4 is 5.32 Å². The zero-order valence-electron chi connectivity index (χ0n) is 13.5. The van der Waals surface area contributed by atoms with Crippen LogP contribution in [0.25, 0.3) is 0 Å². The van der Waals surface area contributed by atoms with Crippen molar-refractivity contribution < 1.29 is 0 Å². The van der Waals surface area contributed by atoms with Gasteiger partial charge in [0.15, 0.2) is 0 Å². The second-order valence-corrected chi connectivity index (χ2v) is 7.83. The standard InChI is InChI=1S/C18H34N2/c1-16-14-19-18(11-5-2-6-12-18)15-20(16)13-7-10-17-8-3-4-9-17/h16-17,19H,2-15H2,1H3. The van der Waals surface area contributed by atoms with Gasteiger partial charge in [-0.1, -0.05) is 44.9 Å². The molecule has 3 aliphatic rings. The van der Waals surface area contributed by atoms with Crippen LogP contribution in [0.15, 0.2) is 0 Å². The lowest BCUT2D eigenvalue weighted by atomic mass is 9.79. The highest BCUT2D eigenvalue weighted by atomic mass is 15.2. The fraction of sp³-hybridized carbons (Fsp3) is 1.00. The van der Waals surface area contributed by atoms with Crippen molar-refractivity contribution in [2.75, 3.05) is 19.6 Å². The Balaban J connectivity index is 1.46. The predicted octanol–water partition coefficient (Wildman–Crippen LogP) is 3.95. The summed E-state index contributed by atoms with van der Waals surface area (Å²) in [4.78, 5) is 2.80. The van der Waals surface area contributed by atoms with Gasteiger partial charge in [0.2, 0.25) is 0 Å². The largest absolute Gasteiger partial charge is 0.308 e. The summed E-state index contributed by atoms with van der Waals surface area (Å²) in [6, 6.07) is 0.742. The van der Waals surface area contributed by atoms with Gasteiger partial charge in [0, 0.05) is 24.7 Å². The van der Waals surface area contributed by atoms with Crippen LogP contribution in [0.1, 0.15) is 77.6 Å². The molecular formula is C18H34N2. The van der Waals surface area contributed by atoms with E-state index in [1.807, 2.05) is 0 Å². The van der Waals surface area contributed by atoms with E-state index < -0.39 is 0 Å². The van der Waals surface area contributed by atoms with E-state index in [4.69, 9.17) is 0 Å². The molecule has 0 amide bonds. The molecule has 20 heavy (non-hydrogen) atoms. The average Bonchev–Trinajstić information content (AvgIpc) is 2.97. The normalized spacial score (nSPS) is 31.9. The van der Waals surface area contributed by atoms with Gasteiger partial charge < -0.3 is 5.32 Å². The second kappa shape index (κ2) is 6.79. The molecule has 2 nitrogen and oxygen atoms in total. The molecular weight excluding hydrogens is 244 g/mol. The van der Waals surface area contributed by atoms with E-state index in [-0.39, 0.29) is 0 Å². The molecule has 1 heterocycles. The fourth-order valence-electron chi connectivity index (χ4n) is 4.84. The van der Waals surface area contributed by atoms with Gasteiger partial charge in [-0.3, -0.25) is 4.90 Å². The summed E-state index contributed by atoms with van der Waals surface area (Å²) >= 11 is 0. The Hall–Kier alpha value is -0.0800. The van der Waals surface area contributed by atoms with E-state index in [1.165, 1.54) is 90.3 Å². The maximum absolute atomic E-state index is 3.90. The van der Waals surface area contributed by atoms with Crippen molar-refractivity contribution in [3.63, 3.8) is 0 Å². The predicted molar refractivity (Wildman–Crippen MR) is 86.0 cm³/mol. The van der Waals surface area contributed by atoms with Crippen LogP contribution in [0.2, 0.25) is 0 Å². The van der Waals surface area contributed by atoms with E-state index in [1.54, 1.807) is 0 Å². The van der Waals surface area contributed by atoms with Crippen LogP contribution in [0.4, 0.5) is 0 Å². The molecule has 1 atom stereocenters. The SMILES string of the molecule is CC1CNC2(CCCCC2)CN1CCCC1CCCC1. The molecule has 1 N–H and O–H groups in total. The number of hydrogen-bond acceptors (Lipinski definition) is 2. The maximum atomic E-state index is 3.90. The van der Waals surface area contributed by atoms with Crippen LogP contribution in [0, 0.1) is 5.92 Å². The molecule has 2 saturated carbocycles. The van der Waals surface area contributed by atoms with Crippen molar-refractivity contribution >= 4 is 0 Å². The van der Waals surface area contributed by atoms with Gasteiger partial charge >= 0.3 is 0 Å². The van der Waals surface area contributed by atoms with E-state index in [0.717, 1.165) is 12.0 Å². The van der Waals surface area contributed by atoms with E-state index in [9.17, 15) is 0 Å². The van der Waals surface area contributed by atoms with Crippen molar-refractivity contribution in [1.29, 1.82) is 0 Å². The Morgan fingerprint density at radius 3 is 2.55 bits per heavy atom. The molecule has 0 radical (unpaired) electrons. The van der Waals surface area contributed by atoms with Gasteiger partial charge in [0.1, 0.15) is 0 Å². The fourth-order valence-corrected chi connectivity index (χ4v) is 4.84. The minimum atomic E-state index is 0.484. The third-order valence-electron chi connectivity index (χ3n) is 6.24. The molecule has 1 unspecified atom stereocenters. The Morgan fingerprint density at radius 2 is 1.80 bits per heavy atom. The van der Waals surface area contributed by atoms with Gasteiger partial charge in [0.25, 0.3) is 0 Å². The summed E-state index contributed by atoms with van der Waals surface area (Å²) in [6.45, 7) is 6.29. The number of nitrogens with one attached hydrogen (secondary N) is 1. The average molecular weight is 278 g/mol. The zero-order chi connectivity index (χ0) is 13.8. The highest BCUT2D eigenvalue weighted by molar-refractivity contribution is 4.98. The van der Waals surface area contributed by atoms with Crippen LogP contribution in [-0.4, -0.2) is 36.1 Å². The minimum Gasteiger partial charge on any atom is -0.308 e. The third kappa shape index (κ3) is 3.57. The summed E-state index contributed by atoms with van der Waals surface area (Å²) in [6.07, 6.45) is 16.1.